The normalized spacial score (nSPS) is 25.8. The Morgan fingerprint density at radius 3 is 2.65 bits per heavy atom. The van der Waals surface area contributed by atoms with Crippen LogP contribution in [0.3, 0.4) is 0 Å². The van der Waals surface area contributed by atoms with Crippen molar-refractivity contribution >= 4 is 32.6 Å². The van der Waals surface area contributed by atoms with E-state index in [1.807, 2.05) is 0 Å². The lowest BCUT2D eigenvalue weighted by Crippen LogP contribution is -2.54. The van der Waals surface area contributed by atoms with E-state index < -0.39 is 29.1 Å². The molecule has 10 heteroatoms. The second-order valence-electron chi connectivity index (χ2n) is 8.80. The third kappa shape index (κ3) is 5.06. The number of aliphatic hydroxyl groups is 1. The molecule has 0 spiro atoms. The molecule has 2 N–H and O–H groups in total. The number of nitrogens with one attached hydrogen (secondary N) is 1. The molecule has 4 rings (SSSR count). The van der Waals surface area contributed by atoms with Gasteiger partial charge in [0.2, 0.25) is 17.7 Å². The van der Waals surface area contributed by atoms with Crippen molar-refractivity contribution in [1.82, 2.24) is 15.1 Å². The van der Waals surface area contributed by atoms with Crippen molar-refractivity contribution in [2.75, 3.05) is 0 Å². The number of nitrogens with zero attached hydrogens (tertiary/aromatic N) is 2. The molecule has 2 aromatic rings. The maximum absolute atomic E-state index is 13.5. The molecule has 1 amide bonds. The number of ether oxygens (including phenoxy) is 1. The summed E-state index contributed by atoms with van der Waals surface area (Å²) >= 11 is 3.36. The zero-order chi connectivity index (χ0) is 22.4. The highest BCUT2D eigenvalue weighted by Crippen LogP contribution is 2.35. The molecule has 0 radical (unpaired) electrons. The Hall–Kier alpha value is -2.07. The zero-order valence-corrected chi connectivity index (χ0v) is 18.6. The third-order valence-electron chi connectivity index (χ3n) is 5.86. The first-order valence-electron chi connectivity index (χ1n) is 10.3. The van der Waals surface area contributed by atoms with E-state index in [4.69, 9.17) is 4.74 Å². The Labute approximate surface area is 185 Å². The van der Waals surface area contributed by atoms with Crippen molar-refractivity contribution in [3.8, 4) is 5.88 Å². The van der Waals surface area contributed by atoms with Crippen LogP contribution in [-0.2, 0) is 11.3 Å². The van der Waals surface area contributed by atoms with Crippen molar-refractivity contribution in [2.24, 2.45) is 0 Å². The summed E-state index contributed by atoms with van der Waals surface area (Å²) in [5.74, 6) is -2.93. The maximum atomic E-state index is 13.5. The molecule has 31 heavy (non-hydrogen) atoms. The molecular weight excluding hydrogens is 476 g/mol. The molecule has 2 aliphatic rings. The number of carbonyl (C=O) groups is 1. The number of hydrogen-bond donors (Lipinski definition) is 2. The van der Waals surface area contributed by atoms with Gasteiger partial charge in [0, 0.05) is 23.4 Å². The van der Waals surface area contributed by atoms with E-state index in [1.54, 1.807) is 25.1 Å². The highest BCUT2D eigenvalue weighted by molar-refractivity contribution is 9.10. The molecule has 0 saturated heterocycles. The van der Waals surface area contributed by atoms with Crippen LogP contribution in [0.2, 0.25) is 0 Å². The minimum atomic E-state index is -2.68. The highest BCUT2D eigenvalue weighted by Gasteiger charge is 2.39. The van der Waals surface area contributed by atoms with Gasteiger partial charge in [-0.2, -0.15) is 0 Å². The first-order chi connectivity index (χ1) is 14.5. The number of aromatic nitrogens is 2. The second kappa shape index (κ2) is 8.12. The molecular formula is C21H24BrF2N3O4. The van der Waals surface area contributed by atoms with Gasteiger partial charge in [0.25, 0.3) is 5.56 Å². The summed E-state index contributed by atoms with van der Waals surface area (Å²) in [4.78, 5) is 25.3. The van der Waals surface area contributed by atoms with Crippen LogP contribution in [0.15, 0.2) is 27.5 Å². The topological polar surface area (TPSA) is 93.5 Å². The quantitative estimate of drug-likeness (QED) is 0.658. The van der Waals surface area contributed by atoms with Crippen molar-refractivity contribution in [3.63, 3.8) is 0 Å². The van der Waals surface area contributed by atoms with E-state index in [0.29, 0.717) is 28.1 Å². The number of halogens is 3. The number of benzene rings is 1. The van der Waals surface area contributed by atoms with Crippen LogP contribution in [-0.4, -0.2) is 44.5 Å². The summed E-state index contributed by atoms with van der Waals surface area (Å²) in [6.45, 7) is 1.40. The average molecular weight is 500 g/mol. The highest BCUT2D eigenvalue weighted by atomic mass is 79.9. The molecule has 1 heterocycles. The van der Waals surface area contributed by atoms with Gasteiger partial charge in [-0.1, -0.05) is 15.9 Å². The Morgan fingerprint density at radius 1 is 1.32 bits per heavy atom. The van der Waals surface area contributed by atoms with Gasteiger partial charge in [0.15, 0.2) is 0 Å². The van der Waals surface area contributed by atoms with Crippen LogP contribution in [0, 0.1) is 0 Å². The number of hydrogen-bond acceptors (Lipinski definition) is 5. The minimum absolute atomic E-state index is 0.144. The summed E-state index contributed by atoms with van der Waals surface area (Å²) in [7, 11) is 0. The van der Waals surface area contributed by atoms with Gasteiger partial charge >= 0.3 is 0 Å². The average Bonchev–Trinajstić information content (AvgIpc) is 2.65. The number of amides is 1. The Balaban J connectivity index is 1.57. The van der Waals surface area contributed by atoms with Gasteiger partial charge < -0.3 is 15.2 Å². The van der Waals surface area contributed by atoms with E-state index in [9.17, 15) is 23.5 Å². The van der Waals surface area contributed by atoms with Gasteiger partial charge in [-0.25, -0.2) is 13.5 Å². The number of fused-ring (bicyclic) bond motifs is 1. The second-order valence-corrected chi connectivity index (χ2v) is 9.72. The van der Waals surface area contributed by atoms with Gasteiger partial charge in [-0.05, 0) is 50.8 Å². The van der Waals surface area contributed by atoms with Crippen molar-refractivity contribution in [1.29, 1.82) is 0 Å². The molecule has 0 bridgehead atoms. The van der Waals surface area contributed by atoms with Crippen LogP contribution in [0.5, 0.6) is 5.88 Å². The fraction of sp³-hybridized carbons (Fsp3) is 0.571. The first-order valence-corrected chi connectivity index (χ1v) is 11.1. The maximum Gasteiger partial charge on any atom is 0.275 e. The van der Waals surface area contributed by atoms with Gasteiger partial charge in [-0.15, -0.1) is 5.10 Å². The van der Waals surface area contributed by atoms with Crippen molar-refractivity contribution in [3.05, 3.63) is 33.0 Å². The fourth-order valence-corrected chi connectivity index (χ4v) is 4.59. The van der Waals surface area contributed by atoms with Crippen LogP contribution >= 0.6 is 15.9 Å². The molecule has 2 fully saturated rings. The summed E-state index contributed by atoms with van der Waals surface area (Å²) in [5, 5.41) is 17.6. The van der Waals surface area contributed by atoms with Crippen molar-refractivity contribution < 1.29 is 23.4 Å². The standard InChI is InChI=1S/C21H24BrF2N3O4/c1-20(30)9-13(10-20)25-17(28)11-27-19(29)15-3-2-12(22)8-16(15)18(26-27)31-14-4-6-21(23,24)7-5-14/h2-3,8,13-14,30H,4-7,9-11H2,1H3,(H,25,28). The Kier molecular flexibility index (Phi) is 5.80. The Morgan fingerprint density at radius 2 is 2.00 bits per heavy atom. The van der Waals surface area contributed by atoms with Gasteiger partial charge in [0.05, 0.1) is 16.4 Å². The van der Waals surface area contributed by atoms with Crippen LogP contribution < -0.4 is 15.6 Å². The van der Waals surface area contributed by atoms with Crippen LogP contribution in [0.25, 0.3) is 10.8 Å². The first kappa shape index (κ1) is 22.1. The molecule has 1 aromatic heterocycles. The van der Waals surface area contributed by atoms with E-state index in [2.05, 4.69) is 26.3 Å². The third-order valence-corrected chi connectivity index (χ3v) is 6.35. The smallest absolute Gasteiger partial charge is 0.275 e. The monoisotopic (exact) mass is 499 g/mol. The minimum Gasteiger partial charge on any atom is -0.473 e. The van der Waals surface area contributed by atoms with E-state index in [-0.39, 0.29) is 44.1 Å². The zero-order valence-electron chi connectivity index (χ0n) is 17.0. The lowest BCUT2D eigenvalue weighted by atomic mass is 9.77. The lowest BCUT2D eigenvalue weighted by Gasteiger charge is -2.41. The molecule has 2 aliphatic carbocycles. The van der Waals surface area contributed by atoms with Crippen LogP contribution in [0.4, 0.5) is 8.78 Å². The molecule has 7 nitrogen and oxygen atoms in total. The SMILES string of the molecule is CC1(O)CC(NC(=O)Cn2nc(OC3CCC(F)(F)CC3)c3cc(Br)ccc3c2=O)C1. The predicted molar refractivity (Wildman–Crippen MR) is 113 cm³/mol. The number of carbonyl (C=O) groups excluding carboxylic acids is 1. The molecule has 0 atom stereocenters. The summed E-state index contributed by atoms with van der Waals surface area (Å²) in [6.07, 6.45) is 0.322. The molecule has 168 valence electrons. The van der Waals surface area contributed by atoms with Crippen LogP contribution in [0.1, 0.15) is 45.4 Å². The summed E-state index contributed by atoms with van der Waals surface area (Å²) < 4.78 is 34.7. The van der Waals surface area contributed by atoms with Gasteiger partial charge in [0.1, 0.15) is 12.6 Å². The number of rotatable bonds is 5. The molecule has 1 aromatic carbocycles. The summed E-state index contributed by atoms with van der Waals surface area (Å²) in [6, 6.07) is 4.87. The largest absolute Gasteiger partial charge is 0.473 e. The predicted octanol–water partition coefficient (Wildman–Crippen LogP) is 3.15. The van der Waals surface area contributed by atoms with Gasteiger partial charge in [-0.3, -0.25) is 9.59 Å². The number of alkyl halides is 2. The summed E-state index contributed by atoms with van der Waals surface area (Å²) in [5.41, 5.74) is -1.22. The molecule has 2 saturated carbocycles. The van der Waals surface area contributed by atoms with E-state index >= 15 is 0 Å². The molecule has 0 unspecified atom stereocenters. The molecule has 0 aliphatic heterocycles. The Bertz CT molecular complexity index is 1050. The lowest BCUT2D eigenvalue weighted by molar-refractivity contribution is -0.125. The van der Waals surface area contributed by atoms with E-state index in [1.165, 1.54) is 0 Å². The van der Waals surface area contributed by atoms with E-state index in [0.717, 1.165) is 4.68 Å². The fourth-order valence-electron chi connectivity index (χ4n) is 4.22. The van der Waals surface area contributed by atoms with Crippen molar-refractivity contribution in [2.45, 2.75) is 75.7 Å².